The second-order valence-corrected chi connectivity index (χ2v) is 8.33. The minimum atomic E-state index is -0.272. The molecule has 0 spiro atoms. The number of carbonyl (C=O) groups excluding carboxylic acids is 2. The Hall–Kier alpha value is -1.50. The molecule has 0 aromatic rings. The molecule has 3 aliphatic rings. The van der Waals surface area contributed by atoms with Crippen molar-refractivity contribution >= 4 is 12.1 Å². The van der Waals surface area contributed by atoms with E-state index in [0.29, 0.717) is 13.1 Å². The minimum Gasteiger partial charge on any atom is -0.453 e. The predicted octanol–water partition coefficient (Wildman–Crippen LogP) is 2.51. The zero-order valence-electron chi connectivity index (χ0n) is 16.8. The molecule has 0 aromatic heterocycles. The van der Waals surface area contributed by atoms with Gasteiger partial charge in [0.15, 0.2) is 0 Å². The number of nitrogens with zero attached hydrogens (tertiary/aromatic N) is 3. The normalized spacial score (nSPS) is 23.7. The largest absolute Gasteiger partial charge is 0.453 e. The van der Waals surface area contributed by atoms with Crippen LogP contribution < -0.4 is 5.32 Å². The van der Waals surface area contributed by atoms with E-state index in [4.69, 9.17) is 4.74 Å². The van der Waals surface area contributed by atoms with Gasteiger partial charge in [0.2, 0.25) is 0 Å². The molecule has 0 radical (unpaired) electrons. The third-order valence-corrected chi connectivity index (χ3v) is 6.37. The maximum Gasteiger partial charge on any atom is 0.409 e. The first-order valence-corrected chi connectivity index (χ1v) is 10.8. The summed E-state index contributed by atoms with van der Waals surface area (Å²) in [4.78, 5) is 30.4. The van der Waals surface area contributed by atoms with Gasteiger partial charge in [-0.25, -0.2) is 9.59 Å². The summed E-state index contributed by atoms with van der Waals surface area (Å²) in [5.41, 5.74) is 0. The lowest BCUT2D eigenvalue weighted by molar-refractivity contribution is 0.108. The third-order valence-electron chi connectivity index (χ3n) is 6.37. The quantitative estimate of drug-likeness (QED) is 0.817. The third kappa shape index (κ3) is 5.99. The van der Waals surface area contributed by atoms with Crippen LogP contribution in [-0.4, -0.2) is 85.8 Å². The van der Waals surface area contributed by atoms with Crippen molar-refractivity contribution in [3.05, 3.63) is 0 Å². The molecule has 7 heteroatoms. The van der Waals surface area contributed by atoms with Crippen LogP contribution in [0, 0.1) is 5.92 Å². The molecule has 3 rings (SSSR count). The summed E-state index contributed by atoms with van der Waals surface area (Å²) in [6, 6.07) is 0.230. The Morgan fingerprint density at radius 1 is 0.852 bits per heavy atom. The molecule has 3 heterocycles. The lowest BCUT2D eigenvalue weighted by Gasteiger charge is -2.36. The fourth-order valence-corrected chi connectivity index (χ4v) is 4.60. The summed E-state index contributed by atoms with van der Waals surface area (Å²) in [5, 5.41) is 3.17. The highest BCUT2D eigenvalue weighted by Gasteiger charge is 2.28. The number of nitrogens with one attached hydrogen (secondary N) is 1. The number of hydrogen-bond acceptors (Lipinski definition) is 4. The Balaban J connectivity index is 1.34. The number of methoxy groups -OCH3 is 1. The van der Waals surface area contributed by atoms with Crippen molar-refractivity contribution < 1.29 is 14.3 Å². The zero-order valence-corrected chi connectivity index (χ0v) is 16.8. The highest BCUT2D eigenvalue weighted by atomic mass is 16.5. The molecule has 3 amide bonds. The van der Waals surface area contributed by atoms with Gasteiger partial charge in [-0.3, -0.25) is 0 Å². The first-order chi connectivity index (χ1) is 13.2. The number of likely N-dealkylation sites (tertiary alicyclic amines) is 3. The first kappa shape index (κ1) is 20.2. The summed E-state index contributed by atoms with van der Waals surface area (Å²) in [6.07, 6.45) is 9.01. The van der Waals surface area contributed by atoms with Crippen molar-refractivity contribution in [2.75, 3.05) is 52.9 Å². The molecule has 3 fully saturated rings. The van der Waals surface area contributed by atoms with Crippen LogP contribution in [0.4, 0.5) is 9.59 Å². The van der Waals surface area contributed by atoms with E-state index in [9.17, 15) is 9.59 Å². The minimum absolute atomic E-state index is 0.0692. The SMILES string of the molecule is COC(=O)N1CCC(NC(=O)N2CCC(CN3CCCCCC3)CC2)CC1. The number of carbonyl (C=O) groups is 2. The van der Waals surface area contributed by atoms with E-state index >= 15 is 0 Å². The van der Waals surface area contributed by atoms with E-state index in [2.05, 4.69) is 10.2 Å². The smallest absolute Gasteiger partial charge is 0.409 e. The van der Waals surface area contributed by atoms with E-state index in [1.807, 2.05) is 4.90 Å². The van der Waals surface area contributed by atoms with Crippen molar-refractivity contribution in [3.63, 3.8) is 0 Å². The van der Waals surface area contributed by atoms with Gasteiger partial charge in [0.05, 0.1) is 7.11 Å². The lowest BCUT2D eigenvalue weighted by atomic mass is 9.96. The Labute approximate surface area is 163 Å². The van der Waals surface area contributed by atoms with Gasteiger partial charge in [0.1, 0.15) is 0 Å². The van der Waals surface area contributed by atoms with Gasteiger partial charge in [-0.1, -0.05) is 12.8 Å². The highest BCUT2D eigenvalue weighted by Crippen LogP contribution is 2.21. The standard InChI is InChI=1S/C20H36N4O3/c1-27-20(26)24-14-8-18(9-15-24)21-19(25)23-12-6-17(7-13-23)16-22-10-4-2-3-5-11-22/h17-18H,2-16H2,1H3,(H,21,25). The summed E-state index contributed by atoms with van der Waals surface area (Å²) < 4.78 is 4.76. The maximum absolute atomic E-state index is 12.6. The van der Waals surface area contributed by atoms with E-state index in [1.165, 1.54) is 52.4 Å². The monoisotopic (exact) mass is 380 g/mol. The van der Waals surface area contributed by atoms with Crippen LogP contribution in [0.2, 0.25) is 0 Å². The lowest BCUT2D eigenvalue weighted by Crippen LogP contribution is -2.52. The molecule has 0 aromatic carbocycles. The zero-order chi connectivity index (χ0) is 19.1. The maximum atomic E-state index is 12.6. The second-order valence-electron chi connectivity index (χ2n) is 8.33. The summed E-state index contributed by atoms with van der Waals surface area (Å²) >= 11 is 0. The Bertz CT molecular complexity index is 478. The predicted molar refractivity (Wildman–Crippen MR) is 105 cm³/mol. The van der Waals surface area contributed by atoms with E-state index < -0.39 is 0 Å². The fourth-order valence-electron chi connectivity index (χ4n) is 4.60. The Morgan fingerprint density at radius 2 is 1.44 bits per heavy atom. The molecule has 0 unspecified atom stereocenters. The van der Waals surface area contributed by atoms with Crippen molar-refractivity contribution in [1.29, 1.82) is 0 Å². The van der Waals surface area contributed by atoms with Gasteiger partial charge < -0.3 is 24.8 Å². The van der Waals surface area contributed by atoms with Crippen molar-refractivity contribution in [2.45, 2.75) is 57.4 Å². The summed E-state index contributed by atoms with van der Waals surface area (Å²) in [7, 11) is 1.41. The molecule has 1 N–H and O–H groups in total. The van der Waals surface area contributed by atoms with Gasteiger partial charge in [-0.05, 0) is 57.5 Å². The molecule has 3 saturated heterocycles. The molecular weight excluding hydrogens is 344 g/mol. The van der Waals surface area contributed by atoms with Crippen molar-refractivity contribution in [3.8, 4) is 0 Å². The topological polar surface area (TPSA) is 65.1 Å². The van der Waals surface area contributed by atoms with Crippen LogP contribution in [0.3, 0.4) is 0 Å². The average molecular weight is 381 g/mol. The summed E-state index contributed by atoms with van der Waals surface area (Å²) in [5.74, 6) is 0.732. The Morgan fingerprint density at radius 3 is 2.04 bits per heavy atom. The van der Waals surface area contributed by atoms with Crippen LogP contribution in [-0.2, 0) is 4.74 Å². The number of ether oxygens (including phenoxy) is 1. The fraction of sp³-hybridized carbons (Fsp3) is 0.900. The van der Waals surface area contributed by atoms with Crippen LogP contribution in [0.5, 0.6) is 0 Å². The number of amides is 3. The molecule has 0 atom stereocenters. The molecule has 0 bridgehead atoms. The molecule has 3 aliphatic heterocycles. The molecule has 0 saturated carbocycles. The van der Waals surface area contributed by atoms with Gasteiger partial charge in [0, 0.05) is 38.8 Å². The van der Waals surface area contributed by atoms with Gasteiger partial charge in [-0.2, -0.15) is 0 Å². The summed E-state index contributed by atoms with van der Waals surface area (Å²) in [6.45, 7) is 6.75. The molecule has 154 valence electrons. The van der Waals surface area contributed by atoms with Gasteiger partial charge in [0.25, 0.3) is 0 Å². The van der Waals surface area contributed by atoms with Gasteiger partial charge >= 0.3 is 12.1 Å². The average Bonchev–Trinajstić information content (AvgIpc) is 2.97. The van der Waals surface area contributed by atoms with Crippen molar-refractivity contribution in [2.24, 2.45) is 5.92 Å². The number of rotatable bonds is 3. The number of urea groups is 1. The van der Waals surface area contributed by atoms with Crippen LogP contribution >= 0.6 is 0 Å². The molecular formula is C20H36N4O3. The van der Waals surface area contributed by atoms with Crippen LogP contribution in [0.15, 0.2) is 0 Å². The van der Waals surface area contributed by atoms with Crippen LogP contribution in [0.25, 0.3) is 0 Å². The van der Waals surface area contributed by atoms with Crippen molar-refractivity contribution in [1.82, 2.24) is 20.0 Å². The molecule has 27 heavy (non-hydrogen) atoms. The van der Waals surface area contributed by atoms with Gasteiger partial charge in [-0.15, -0.1) is 0 Å². The second kappa shape index (κ2) is 10.2. The molecule has 0 aliphatic carbocycles. The van der Waals surface area contributed by atoms with E-state index in [1.54, 1.807) is 4.90 Å². The first-order valence-electron chi connectivity index (χ1n) is 10.8. The number of piperidine rings is 2. The molecule has 7 nitrogen and oxygen atoms in total. The number of hydrogen-bond donors (Lipinski definition) is 1. The highest BCUT2D eigenvalue weighted by molar-refractivity contribution is 5.74. The van der Waals surface area contributed by atoms with E-state index in [0.717, 1.165) is 44.7 Å². The Kier molecular flexibility index (Phi) is 7.61. The van der Waals surface area contributed by atoms with Crippen LogP contribution in [0.1, 0.15) is 51.4 Å². The van der Waals surface area contributed by atoms with E-state index in [-0.39, 0.29) is 18.2 Å².